The molecule has 128 valence electrons. The van der Waals surface area contributed by atoms with E-state index in [0.29, 0.717) is 25.2 Å². The number of nitrogens with two attached hydrogens (primary N) is 1. The van der Waals surface area contributed by atoms with Crippen molar-refractivity contribution in [3.8, 4) is 0 Å². The van der Waals surface area contributed by atoms with E-state index in [4.69, 9.17) is 5.73 Å². The molecule has 1 unspecified atom stereocenters. The van der Waals surface area contributed by atoms with Crippen molar-refractivity contribution in [3.05, 3.63) is 39.7 Å². The summed E-state index contributed by atoms with van der Waals surface area (Å²) >= 11 is 0. The van der Waals surface area contributed by atoms with Crippen molar-refractivity contribution in [1.82, 2.24) is 4.57 Å². The lowest BCUT2D eigenvalue weighted by atomic mass is 10.1. The minimum atomic E-state index is -0.664. The van der Waals surface area contributed by atoms with Gasteiger partial charge in [-0.15, -0.1) is 0 Å². The highest BCUT2D eigenvalue weighted by Crippen LogP contribution is 2.40. The average Bonchev–Trinajstić information content (AvgIpc) is 3.29. The third kappa shape index (κ3) is 2.32. The number of fused-ring (bicyclic) bond motifs is 1. The van der Waals surface area contributed by atoms with Gasteiger partial charge in [0.15, 0.2) is 11.2 Å². The quantitative estimate of drug-likeness (QED) is 0.940. The lowest BCUT2D eigenvalue weighted by Crippen LogP contribution is -2.25. The number of aromatic nitrogens is 1. The molecule has 1 aromatic carbocycles. The summed E-state index contributed by atoms with van der Waals surface area (Å²) < 4.78 is 31.8. The summed E-state index contributed by atoms with van der Waals surface area (Å²) in [6, 6.07) is 1.41. The van der Waals surface area contributed by atoms with E-state index < -0.39 is 11.6 Å². The van der Waals surface area contributed by atoms with Crippen LogP contribution in [0.25, 0.3) is 10.9 Å². The molecular weight excluding hydrogens is 312 g/mol. The molecule has 4 nitrogen and oxygen atoms in total. The Morgan fingerprint density at radius 1 is 1.29 bits per heavy atom. The van der Waals surface area contributed by atoms with Crippen LogP contribution in [0.1, 0.15) is 30.9 Å². The van der Waals surface area contributed by atoms with Crippen LogP contribution in [-0.2, 0) is 0 Å². The molecule has 2 heterocycles. The number of rotatable bonds is 3. The maximum Gasteiger partial charge on any atom is 0.192 e. The van der Waals surface area contributed by atoms with Gasteiger partial charge in [-0.1, -0.05) is 0 Å². The molecular formula is C18H21F2N3O. The molecule has 2 aliphatic rings. The fourth-order valence-corrected chi connectivity index (χ4v) is 3.73. The molecule has 1 saturated carbocycles. The second-order valence-electron chi connectivity index (χ2n) is 7.03. The van der Waals surface area contributed by atoms with Crippen molar-refractivity contribution in [2.75, 3.05) is 24.5 Å². The van der Waals surface area contributed by atoms with E-state index >= 15 is 4.39 Å². The van der Waals surface area contributed by atoms with E-state index in [9.17, 15) is 9.18 Å². The highest BCUT2D eigenvalue weighted by atomic mass is 19.1. The third-order valence-electron chi connectivity index (χ3n) is 5.24. The van der Waals surface area contributed by atoms with Crippen LogP contribution in [0.5, 0.6) is 0 Å². The predicted molar refractivity (Wildman–Crippen MR) is 90.5 cm³/mol. The number of halogens is 2. The molecule has 0 bridgehead atoms. The Hall–Kier alpha value is -1.95. The Morgan fingerprint density at radius 2 is 2.04 bits per heavy atom. The standard InChI is InChI=1S/C18H21F2N3O/c1-10-8-23(12-2-3-12)16-13(18(10)24)6-14(19)17(15(16)20)22-5-4-11(7-21)9-22/h6,8,11-12H,2-5,7,9,21H2,1H3. The lowest BCUT2D eigenvalue weighted by Gasteiger charge is -2.22. The SMILES string of the molecule is Cc1cn(C2CC2)c2c(F)c(N3CCC(CN)C3)c(F)cc2c1=O. The maximum absolute atomic E-state index is 15.3. The van der Waals surface area contributed by atoms with Crippen LogP contribution in [0.4, 0.5) is 14.5 Å². The summed E-state index contributed by atoms with van der Waals surface area (Å²) in [7, 11) is 0. The Morgan fingerprint density at radius 3 is 2.67 bits per heavy atom. The van der Waals surface area contributed by atoms with E-state index in [2.05, 4.69) is 0 Å². The van der Waals surface area contributed by atoms with Crippen molar-refractivity contribution in [2.24, 2.45) is 11.7 Å². The van der Waals surface area contributed by atoms with Crippen LogP contribution in [-0.4, -0.2) is 24.2 Å². The maximum atomic E-state index is 15.3. The van der Waals surface area contributed by atoms with E-state index in [1.807, 2.05) is 4.57 Å². The van der Waals surface area contributed by atoms with Gasteiger partial charge < -0.3 is 15.2 Å². The molecule has 0 radical (unpaired) electrons. The fourth-order valence-electron chi connectivity index (χ4n) is 3.73. The minimum Gasteiger partial charge on any atom is -0.366 e. The molecule has 2 fully saturated rings. The molecule has 1 aliphatic heterocycles. The summed E-state index contributed by atoms with van der Waals surface area (Å²) in [5, 5.41) is 0.134. The zero-order valence-electron chi connectivity index (χ0n) is 13.7. The summed E-state index contributed by atoms with van der Waals surface area (Å²) in [6.45, 7) is 3.34. The van der Waals surface area contributed by atoms with Gasteiger partial charge in [0.2, 0.25) is 0 Å². The average molecular weight is 333 g/mol. The number of benzene rings is 1. The van der Waals surface area contributed by atoms with Crippen molar-refractivity contribution in [2.45, 2.75) is 32.2 Å². The molecule has 1 aliphatic carbocycles. The predicted octanol–water partition coefficient (Wildman–Crippen LogP) is 2.71. The molecule has 0 amide bonds. The first kappa shape index (κ1) is 15.6. The van der Waals surface area contributed by atoms with Crippen molar-refractivity contribution in [3.63, 3.8) is 0 Å². The number of nitrogens with zero attached hydrogens (tertiary/aromatic N) is 2. The molecule has 24 heavy (non-hydrogen) atoms. The number of pyridine rings is 1. The second kappa shape index (κ2) is 5.55. The van der Waals surface area contributed by atoms with Crippen molar-refractivity contribution in [1.29, 1.82) is 0 Å². The summed E-state index contributed by atoms with van der Waals surface area (Å²) in [6.07, 6.45) is 4.46. The highest BCUT2D eigenvalue weighted by molar-refractivity contribution is 5.85. The molecule has 1 aromatic heterocycles. The van der Waals surface area contributed by atoms with Crippen molar-refractivity contribution >= 4 is 16.6 Å². The van der Waals surface area contributed by atoms with E-state index in [-0.39, 0.29) is 34.0 Å². The van der Waals surface area contributed by atoms with Crippen LogP contribution >= 0.6 is 0 Å². The van der Waals surface area contributed by atoms with Gasteiger partial charge in [0.05, 0.1) is 10.9 Å². The Labute approximate surface area is 138 Å². The van der Waals surface area contributed by atoms with E-state index in [0.717, 1.165) is 19.3 Å². The number of hydrogen-bond acceptors (Lipinski definition) is 3. The van der Waals surface area contributed by atoms with Gasteiger partial charge in [0.1, 0.15) is 11.5 Å². The van der Waals surface area contributed by atoms with Gasteiger partial charge >= 0.3 is 0 Å². The topological polar surface area (TPSA) is 51.3 Å². The first-order valence-electron chi connectivity index (χ1n) is 8.49. The van der Waals surface area contributed by atoms with E-state index in [1.165, 1.54) is 6.07 Å². The number of hydrogen-bond donors (Lipinski definition) is 1. The van der Waals surface area contributed by atoms with Crippen LogP contribution in [0.15, 0.2) is 17.1 Å². The zero-order chi connectivity index (χ0) is 17.0. The van der Waals surface area contributed by atoms with Crippen LogP contribution in [0.2, 0.25) is 0 Å². The molecule has 4 rings (SSSR count). The first-order chi connectivity index (χ1) is 11.5. The fraction of sp³-hybridized carbons (Fsp3) is 0.500. The molecule has 1 atom stereocenters. The third-order valence-corrected chi connectivity index (χ3v) is 5.24. The summed E-state index contributed by atoms with van der Waals surface area (Å²) in [5.74, 6) is -1.03. The summed E-state index contributed by atoms with van der Waals surface area (Å²) in [4.78, 5) is 14.1. The lowest BCUT2D eigenvalue weighted by molar-refractivity contribution is 0.571. The van der Waals surface area contributed by atoms with Gasteiger partial charge in [-0.05, 0) is 44.7 Å². The summed E-state index contributed by atoms with van der Waals surface area (Å²) in [5.41, 5.74) is 6.13. The second-order valence-corrected chi connectivity index (χ2v) is 7.03. The van der Waals surface area contributed by atoms with E-state index in [1.54, 1.807) is 18.0 Å². The van der Waals surface area contributed by atoms with Gasteiger partial charge in [-0.2, -0.15) is 0 Å². The Bertz CT molecular complexity index is 873. The molecule has 2 N–H and O–H groups in total. The molecule has 2 aromatic rings. The number of aryl methyl sites for hydroxylation is 1. The monoisotopic (exact) mass is 333 g/mol. The van der Waals surface area contributed by atoms with Crippen LogP contribution < -0.4 is 16.1 Å². The Balaban J connectivity index is 1.95. The highest BCUT2D eigenvalue weighted by Gasteiger charge is 2.31. The van der Waals surface area contributed by atoms with Gasteiger partial charge in [-0.3, -0.25) is 4.79 Å². The molecule has 1 saturated heterocycles. The Kier molecular flexibility index (Phi) is 3.60. The normalized spacial score (nSPS) is 21.0. The van der Waals surface area contributed by atoms with Gasteiger partial charge in [0, 0.05) is 30.9 Å². The molecule has 6 heteroatoms. The van der Waals surface area contributed by atoms with Crippen LogP contribution in [0.3, 0.4) is 0 Å². The first-order valence-corrected chi connectivity index (χ1v) is 8.49. The molecule has 0 spiro atoms. The number of anilines is 1. The smallest absolute Gasteiger partial charge is 0.192 e. The van der Waals surface area contributed by atoms with Gasteiger partial charge in [0.25, 0.3) is 0 Å². The largest absolute Gasteiger partial charge is 0.366 e. The minimum absolute atomic E-state index is 0.0175. The van der Waals surface area contributed by atoms with Gasteiger partial charge in [-0.25, -0.2) is 8.78 Å². The van der Waals surface area contributed by atoms with Crippen molar-refractivity contribution < 1.29 is 8.78 Å². The van der Waals surface area contributed by atoms with Crippen LogP contribution in [0, 0.1) is 24.5 Å². The zero-order valence-corrected chi connectivity index (χ0v) is 13.7.